The number of nitrogens with one attached hydrogen (secondary N) is 1. The van der Waals surface area contributed by atoms with Gasteiger partial charge in [-0.25, -0.2) is 8.42 Å². The van der Waals surface area contributed by atoms with Crippen molar-refractivity contribution in [2.24, 2.45) is 0 Å². The van der Waals surface area contributed by atoms with Crippen LogP contribution >= 0.6 is 0 Å². The molecule has 0 bridgehead atoms. The van der Waals surface area contributed by atoms with Crippen molar-refractivity contribution in [2.45, 2.75) is 24.1 Å². The molecule has 1 heterocycles. The number of benzene rings is 1. The molecule has 1 saturated heterocycles. The van der Waals surface area contributed by atoms with Crippen molar-refractivity contribution in [1.82, 2.24) is 9.62 Å². The number of piperazine rings is 1. The van der Waals surface area contributed by atoms with Crippen molar-refractivity contribution in [3.8, 4) is 0 Å². The second-order valence-electron chi connectivity index (χ2n) is 4.50. The number of hydrogen-bond acceptors (Lipinski definition) is 6. The molecule has 2 N–H and O–H groups in total. The van der Waals surface area contributed by atoms with Crippen LogP contribution in [-0.4, -0.2) is 48.1 Å². The summed E-state index contributed by atoms with van der Waals surface area (Å²) in [6.07, 6.45) is -1.26. The highest BCUT2D eigenvalue weighted by Gasteiger charge is 2.38. The normalized spacial score (nSPS) is 24.5. The maximum atomic E-state index is 12.5. The first-order valence-corrected chi connectivity index (χ1v) is 7.46. The molecule has 20 heavy (non-hydrogen) atoms. The number of para-hydroxylation sites is 1. The van der Waals surface area contributed by atoms with Gasteiger partial charge in [-0.05, 0) is 13.0 Å². The van der Waals surface area contributed by atoms with E-state index in [0.29, 0.717) is 6.54 Å². The van der Waals surface area contributed by atoms with E-state index < -0.39 is 37.8 Å². The highest BCUT2D eigenvalue weighted by molar-refractivity contribution is 7.89. The molecular formula is C11H15N3O5S. The van der Waals surface area contributed by atoms with E-state index in [0.717, 1.165) is 10.4 Å². The number of nitro groups is 1. The fourth-order valence-electron chi connectivity index (χ4n) is 2.10. The van der Waals surface area contributed by atoms with E-state index in [1.165, 1.54) is 18.2 Å². The van der Waals surface area contributed by atoms with E-state index >= 15 is 0 Å². The lowest BCUT2D eigenvalue weighted by Crippen LogP contribution is -2.58. The summed E-state index contributed by atoms with van der Waals surface area (Å²) in [7, 11) is -4.12. The predicted octanol–water partition coefficient (Wildman–Crippen LogP) is -0.104. The summed E-state index contributed by atoms with van der Waals surface area (Å²) >= 11 is 0. The third kappa shape index (κ3) is 2.52. The van der Waals surface area contributed by atoms with E-state index in [2.05, 4.69) is 5.32 Å². The molecule has 0 aromatic heterocycles. The van der Waals surface area contributed by atoms with E-state index in [-0.39, 0.29) is 6.54 Å². The summed E-state index contributed by atoms with van der Waals surface area (Å²) in [5.41, 5.74) is -0.495. The molecule has 1 aliphatic heterocycles. The zero-order chi connectivity index (χ0) is 14.9. The Bertz CT molecular complexity index is 618. The quantitative estimate of drug-likeness (QED) is 0.595. The van der Waals surface area contributed by atoms with Crippen LogP contribution in [0.1, 0.15) is 6.92 Å². The first kappa shape index (κ1) is 14.9. The van der Waals surface area contributed by atoms with Crippen LogP contribution in [0.2, 0.25) is 0 Å². The molecule has 0 saturated carbocycles. The fraction of sp³-hybridized carbons (Fsp3) is 0.455. The first-order chi connectivity index (χ1) is 9.35. The van der Waals surface area contributed by atoms with Crippen LogP contribution in [0.3, 0.4) is 0 Å². The van der Waals surface area contributed by atoms with Gasteiger partial charge in [0.15, 0.2) is 4.90 Å². The van der Waals surface area contributed by atoms with Crippen molar-refractivity contribution in [2.75, 3.05) is 13.1 Å². The largest absolute Gasteiger partial charge is 0.376 e. The Hall–Kier alpha value is -1.55. The van der Waals surface area contributed by atoms with Crippen LogP contribution in [-0.2, 0) is 10.0 Å². The van der Waals surface area contributed by atoms with E-state index in [1.807, 2.05) is 0 Å². The maximum absolute atomic E-state index is 12.5. The van der Waals surface area contributed by atoms with Gasteiger partial charge in [0.2, 0.25) is 0 Å². The number of aliphatic hydroxyl groups is 1. The highest BCUT2D eigenvalue weighted by atomic mass is 32.2. The fourth-order valence-corrected chi connectivity index (χ4v) is 3.81. The smallest absolute Gasteiger partial charge is 0.289 e. The minimum absolute atomic E-state index is 0.0554. The summed E-state index contributed by atoms with van der Waals surface area (Å²) in [6, 6.07) is 4.67. The third-order valence-corrected chi connectivity index (χ3v) is 5.11. The topological polar surface area (TPSA) is 113 Å². The highest BCUT2D eigenvalue weighted by Crippen LogP contribution is 2.28. The lowest BCUT2D eigenvalue weighted by molar-refractivity contribution is -0.387. The van der Waals surface area contributed by atoms with Crippen LogP contribution < -0.4 is 5.32 Å². The van der Waals surface area contributed by atoms with E-state index in [4.69, 9.17) is 0 Å². The van der Waals surface area contributed by atoms with Crippen molar-refractivity contribution in [1.29, 1.82) is 0 Å². The van der Waals surface area contributed by atoms with Gasteiger partial charge in [0.05, 0.1) is 4.92 Å². The summed E-state index contributed by atoms with van der Waals surface area (Å²) in [6.45, 7) is 2.07. The Morgan fingerprint density at radius 1 is 1.45 bits per heavy atom. The number of aliphatic hydroxyl groups excluding tert-OH is 1. The van der Waals surface area contributed by atoms with Gasteiger partial charge in [0, 0.05) is 25.2 Å². The molecule has 2 unspecified atom stereocenters. The molecule has 110 valence electrons. The van der Waals surface area contributed by atoms with Crippen molar-refractivity contribution in [3.63, 3.8) is 0 Å². The van der Waals surface area contributed by atoms with Crippen molar-refractivity contribution in [3.05, 3.63) is 34.4 Å². The zero-order valence-corrected chi connectivity index (χ0v) is 11.6. The number of sulfonamides is 1. The Morgan fingerprint density at radius 3 is 2.75 bits per heavy atom. The minimum atomic E-state index is -4.12. The van der Waals surface area contributed by atoms with Crippen molar-refractivity contribution < 1.29 is 18.4 Å². The monoisotopic (exact) mass is 301 g/mol. The van der Waals surface area contributed by atoms with Crippen molar-refractivity contribution >= 4 is 15.7 Å². The summed E-state index contributed by atoms with van der Waals surface area (Å²) in [5, 5.41) is 23.9. The van der Waals surface area contributed by atoms with Gasteiger partial charge in [-0.3, -0.25) is 10.1 Å². The Morgan fingerprint density at radius 2 is 2.10 bits per heavy atom. The summed E-state index contributed by atoms with van der Waals surface area (Å²) < 4.78 is 25.9. The molecule has 9 heteroatoms. The summed E-state index contributed by atoms with van der Waals surface area (Å²) in [4.78, 5) is 9.80. The molecule has 2 atom stereocenters. The van der Waals surface area contributed by atoms with Gasteiger partial charge in [-0.1, -0.05) is 12.1 Å². The van der Waals surface area contributed by atoms with E-state index in [9.17, 15) is 23.6 Å². The van der Waals surface area contributed by atoms with Crippen LogP contribution in [0.25, 0.3) is 0 Å². The molecule has 0 spiro atoms. The standard InChI is InChI=1S/C11H15N3O5S/c1-8-11(15)13(7-6-12-8)20(18,19)10-5-3-2-4-9(10)14(16)17/h2-5,8,11-12,15H,6-7H2,1H3. The van der Waals surface area contributed by atoms with Crippen LogP contribution in [0.5, 0.6) is 0 Å². The molecule has 1 aromatic carbocycles. The van der Waals surface area contributed by atoms with Gasteiger partial charge in [0.1, 0.15) is 6.23 Å². The maximum Gasteiger partial charge on any atom is 0.289 e. The van der Waals surface area contributed by atoms with Crippen LogP contribution in [0.15, 0.2) is 29.2 Å². The minimum Gasteiger partial charge on any atom is -0.376 e. The van der Waals surface area contributed by atoms with Gasteiger partial charge < -0.3 is 10.4 Å². The predicted molar refractivity (Wildman–Crippen MR) is 70.5 cm³/mol. The summed E-state index contributed by atoms with van der Waals surface area (Å²) in [5.74, 6) is 0. The molecule has 1 aromatic rings. The molecule has 0 amide bonds. The number of nitrogens with zero attached hydrogens (tertiary/aromatic N) is 2. The average Bonchev–Trinajstić information content (AvgIpc) is 2.41. The van der Waals surface area contributed by atoms with Gasteiger partial charge in [-0.15, -0.1) is 0 Å². The molecule has 0 radical (unpaired) electrons. The lowest BCUT2D eigenvalue weighted by Gasteiger charge is -2.35. The van der Waals surface area contributed by atoms with Gasteiger partial charge >= 0.3 is 0 Å². The van der Waals surface area contributed by atoms with Gasteiger partial charge in [-0.2, -0.15) is 4.31 Å². The van der Waals surface area contributed by atoms with Gasteiger partial charge in [0.25, 0.3) is 15.7 Å². The zero-order valence-electron chi connectivity index (χ0n) is 10.8. The molecule has 1 fully saturated rings. The number of rotatable bonds is 3. The average molecular weight is 301 g/mol. The molecular weight excluding hydrogens is 286 g/mol. The second kappa shape index (κ2) is 5.44. The Balaban J connectivity index is 2.48. The third-order valence-electron chi connectivity index (χ3n) is 3.19. The Labute approximate surface area is 116 Å². The number of nitro benzene ring substituents is 1. The first-order valence-electron chi connectivity index (χ1n) is 6.02. The molecule has 0 aliphatic carbocycles. The molecule has 8 nitrogen and oxygen atoms in total. The second-order valence-corrected chi connectivity index (χ2v) is 6.36. The SMILES string of the molecule is CC1NCCN(S(=O)(=O)c2ccccc2[N+](=O)[O-])C1O. The van der Waals surface area contributed by atoms with E-state index in [1.54, 1.807) is 6.92 Å². The lowest BCUT2D eigenvalue weighted by atomic mass is 10.2. The van der Waals surface area contributed by atoms with Crippen LogP contribution in [0.4, 0.5) is 5.69 Å². The molecule has 2 rings (SSSR count). The number of hydrogen-bond donors (Lipinski definition) is 2. The Kier molecular flexibility index (Phi) is 4.04. The molecule has 1 aliphatic rings. The van der Waals surface area contributed by atoms with Crippen LogP contribution in [0, 0.1) is 10.1 Å².